The highest BCUT2D eigenvalue weighted by Crippen LogP contribution is 2.38. The highest BCUT2D eigenvalue weighted by Gasteiger charge is 2.40. The third-order valence-corrected chi connectivity index (χ3v) is 4.00. The quantitative estimate of drug-likeness (QED) is 0.680. The number of ether oxygens (including phenoxy) is 1. The zero-order valence-electron chi connectivity index (χ0n) is 11.8. The average Bonchev–Trinajstić information content (AvgIpc) is 2.74. The number of hydrogen-bond donors (Lipinski definition) is 1. The number of nitrogens with one attached hydrogen (secondary N) is 1. The number of alkyl halides is 3. The topological polar surface area (TPSA) is 79.2 Å². The average molecular weight is 332 g/mol. The van der Waals surface area contributed by atoms with Crippen LogP contribution in [0.5, 0.6) is 0 Å². The predicted octanol–water partition coefficient (Wildman–Crippen LogP) is 3.27. The fourth-order valence-electron chi connectivity index (χ4n) is 1.66. The maximum Gasteiger partial charge on any atom is 0.471 e. The summed E-state index contributed by atoms with van der Waals surface area (Å²) in [5.41, 5.74) is 0.631. The van der Waals surface area contributed by atoms with Gasteiger partial charge in [0.05, 0.1) is 18.7 Å². The molecule has 118 valence electrons. The molecule has 1 heterocycles. The number of methoxy groups -OCH3 is 1. The molecule has 0 aliphatic heterocycles. The molecule has 0 unspecified atom stereocenters. The van der Waals surface area contributed by atoms with Crippen LogP contribution in [0.2, 0.25) is 0 Å². The number of allylic oxidation sites excluding steroid dienone is 2. The van der Waals surface area contributed by atoms with Gasteiger partial charge in [0.2, 0.25) is 0 Å². The van der Waals surface area contributed by atoms with Crippen LogP contribution in [-0.4, -0.2) is 25.2 Å². The van der Waals surface area contributed by atoms with Crippen molar-refractivity contribution in [3.05, 3.63) is 22.1 Å². The van der Waals surface area contributed by atoms with E-state index in [0.717, 1.165) is 18.4 Å². The summed E-state index contributed by atoms with van der Waals surface area (Å²) >= 11 is 0.770. The molecular formula is C13H11F3N2O3S. The first-order valence-corrected chi connectivity index (χ1v) is 6.61. The largest absolute Gasteiger partial charge is 0.471 e. The Morgan fingerprint density at radius 3 is 2.45 bits per heavy atom. The molecule has 1 amide bonds. The summed E-state index contributed by atoms with van der Waals surface area (Å²) in [5, 5.41) is 10.0. The molecule has 1 aromatic heterocycles. The minimum absolute atomic E-state index is 0.161. The molecule has 1 rings (SSSR count). The van der Waals surface area contributed by atoms with Crippen LogP contribution in [-0.2, 0) is 9.53 Å². The first kappa shape index (κ1) is 17.7. The van der Waals surface area contributed by atoms with E-state index >= 15 is 0 Å². The monoisotopic (exact) mass is 332 g/mol. The normalized spacial score (nSPS) is 11.8. The van der Waals surface area contributed by atoms with Crippen LogP contribution in [0.3, 0.4) is 0 Å². The number of thiophene rings is 1. The first-order chi connectivity index (χ1) is 10.1. The first-order valence-electron chi connectivity index (χ1n) is 5.80. The van der Waals surface area contributed by atoms with E-state index in [1.54, 1.807) is 18.3 Å². The van der Waals surface area contributed by atoms with Gasteiger partial charge in [-0.2, -0.15) is 18.4 Å². The van der Waals surface area contributed by atoms with Gasteiger partial charge in [-0.15, -0.1) is 11.3 Å². The van der Waals surface area contributed by atoms with Gasteiger partial charge in [-0.3, -0.25) is 4.79 Å². The molecule has 0 aliphatic rings. The molecule has 22 heavy (non-hydrogen) atoms. The maximum atomic E-state index is 12.4. The highest BCUT2D eigenvalue weighted by atomic mass is 32.1. The molecule has 9 heteroatoms. The lowest BCUT2D eigenvalue weighted by molar-refractivity contribution is -0.167. The van der Waals surface area contributed by atoms with Crippen molar-refractivity contribution in [3.63, 3.8) is 0 Å². The molecule has 1 aromatic rings. The number of carbonyl (C=O) groups is 2. The fourth-order valence-corrected chi connectivity index (χ4v) is 2.82. The predicted molar refractivity (Wildman–Crippen MR) is 74.3 cm³/mol. The second-order valence-electron chi connectivity index (χ2n) is 4.16. The number of nitrogens with zero attached hydrogens (tertiary/aromatic N) is 1. The van der Waals surface area contributed by atoms with Crippen molar-refractivity contribution >= 4 is 33.8 Å². The van der Waals surface area contributed by atoms with E-state index in [1.165, 1.54) is 13.0 Å². The van der Waals surface area contributed by atoms with Gasteiger partial charge in [-0.1, -0.05) is 0 Å². The second kappa shape index (κ2) is 6.62. The van der Waals surface area contributed by atoms with Crippen molar-refractivity contribution in [1.29, 1.82) is 5.26 Å². The molecule has 0 saturated carbocycles. The Hall–Kier alpha value is -2.34. The Balaban J connectivity index is 3.41. The van der Waals surface area contributed by atoms with E-state index in [0.29, 0.717) is 16.0 Å². The number of esters is 1. The summed E-state index contributed by atoms with van der Waals surface area (Å²) in [4.78, 5) is 23.2. The Kier molecular flexibility index (Phi) is 5.33. The van der Waals surface area contributed by atoms with Gasteiger partial charge in [0.15, 0.2) is 0 Å². The van der Waals surface area contributed by atoms with Crippen molar-refractivity contribution in [2.45, 2.75) is 20.0 Å². The summed E-state index contributed by atoms with van der Waals surface area (Å²) in [7, 11) is 1.08. The van der Waals surface area contributed by atoms with Gasteiger partial charge in [0.25, 0.3) is 0 Å². The number of rotatable bonds is 3. The lowest BCUT2D eigenvalue weighted by Crippen LogP contribution is -2.30. The van der Waals surface area contributed by atoms with Gasteiger partial charge in [0.1, 0.15) is 5.00 Å². The number of nitriles is 1. The summed E-state index contributed by atoms with van der Waals surface area (Å²) in [6, 6.07) is 1.79. The smallest absolute Gasteiger partial charge is 0.465 e. The van der Waals surface area contributed by atoms with Gasteiger partial charge in [-0.05, 0) is 25.0 Å². The maximum absolute atomic E-state index is 12.4. The van der Waals surface area contributed by atoms with E-state index in [4.69, 9.17) is 5.26 Å². The number of carbonyl (C=O) groups excluding carboxylic acids is 2. The van der Waals surface area contributed by atoms with Crippen molar-refractivity contribution in [2.24, 2.45) is 0 Å². The highest BCUT2D eigenvalue weighted by molar-refractivity contribution is 7.18. The van der Waals surface area contributed by atoms with Crippen molar-refractivity contribution in [3.8, 4) is 6.07 Å². The lowest BCUT2D eigenvalue weighted by Gasteiger charge is -2.08. The van der Waals surface area contributed by atoms with Crippen molar-refractivity contribution < 1.29 is 27.5 Å². The Morgan fingerprint density at radius 1 is 1.41 bits per heavy atom. The minimum atomic E-state index is -5.08. The van der Waals surface area contributed by atoms with E-state index in [1.807, 2.05) is 0 Å². The third kappa shape index (κ3) is 3.65. The van der Waals surface area contributed by atoms with Crippen LogP contribution in [0.15, 0.2) is 6.08 Å². The van der Waals surface area contributed by atoms with Crippen LogP contribution >= 0.6 is 11.3 Å². The summed E-state index contributed by atoms with van der Waals surface area (Å²) in [6.45, 7) is 3.06. The van der Waals surface area contributed by atoms with Gasteiger partial charge in [-0.25, -0.2) is 4.79 Å². The number of hydrogen-bond acceptors (Lipinski definition) is 5. The fraction of sp³-hybridized carbons (Fsp3) is 0.308. The molecule has 0 aliphatic carbocycles. The molecule has 0 spiro atoms. The Bertz CT molecular complexity index is 684. The van der Waals surface area contributed by atoms with E-state index < -0.39 is 18.1 Å². The zero-order valence-corrected chi connectivity index (χ0v) is 12.6. The van der Waals surface area contributed by atoms with Gasteiger partial charge in [0, 0.05) is 11.0 Å². The van der Waals surface area contributed by atoms with E-state index in [-0.39, 0.29) is 10.6 Å². The van der Waals surface area contributed by atoms with Crippen LogP contribution < -0.4 is 5.32 Å². The molecule has 0 bridgehead atoms. The molecule has 0 atom stereocenters. The molecule has 0 fully saturated rings. The van der Waals surface area contributed by atoms with E-state index in [9.17, 15) is 22.8 Å². The van der Waals surface area contributed by atoms with Crippen LogP contribution in [0.4, 0.5) is 18.2 Å². The standard InChI is InChI=1S/C13H11F3N2O3S/c1-6(4-5-17)9-7(2)8(11(19)21-3)10(22-9)18-12(20)13(14,15)16/h4H,1-3H3,(H,18,20)/b6-4-. The molecule has 1 N–H and O–H groups in total. The van der Waals surface area contributed by atoms with Crippen LogP contribution in [0.25, 0.3) is 5.57 Å². The summed E-state index contributed by atoms with van der Waals surface area (Å²) in [6.07, 6.45) is -3.89. The Morgan fingerprint density at radius 2 is 2.00 bits per heavy atom. The SMILES string of the molecule is COC(=O)c1c(NC(=O)C(F)(F)F)sc(/C(C)=C\C#N)c1C. The lowest BCUT2D eigenvalue weighted by atomic mass is 10.1. The number of amides is 1. The van der Waals surface area contributed by atoms with Crippen LogP contribution in [0, 0.1) is 18.3 Å². The van der Waals surface area contributed by atoms with Crippen molar-refractivity contribution in [2.75, 3.05) is 12.4 Å². The van der Waals surface area contributed by atoms with E-state index in [2.05, 4.69) is 4.74 Å². The minimum Gasteiger partial charge on any atom is -0.465 e. The van der Waals surface area contributed by atoms with Gasteiger partial charge < -0.3 is 10.1 Å². The zero-order chi connectivity index (χ0) is 17.1. The van der Waals surface area contributed by atoms with Crippen molar-refractivity contribution in [1.82, 2.24) is 0 Å². The van der Waals surface area contributed by atoms with Crippen LogP contribution in [0.1, 0.15) is 27.7 Å². The molecule has 0 saturated heterocycles. The molecular weight excluding hydrogens is 321 g/mol. The number of anilines is 1. The second-order valence-corrected chi connectivity index (χ2v) is 5.18. The molecule has 5 nitrogen and oxygen atoms in total. The molecule has 0 aromatic carbocycles. The number of halogens is 3. The summed E-state index contributed by atoms with van der Waals surface area (Å²) in [5.74, 6) is -3.06. The summed E-state index contributed by atoms with van der Waals surface area (Å²) < 4.78 is 41.6. The third-order valence-electron chi connectivity index (χ3n) is 2.66. The molecule has 0 radical (unpaired) electrons. The van der Waals surface area contributed by atoms with Gasteiger partial charge >= 0.3 is 18.1 Å². The Labute approximate surface area is 128 Å².